The van der Waals surface area contributed by atoms with Crippen LogP contribution in [0.15, 0.2) is 0 Å². The molecule has 0 amide bonds. The molecule has 0 aliphatic heterocycles. The van der Waals surface area contributed by atoms with Crippen LogP contribution in [0.2, 0.25) is 0 Å². The number of carboxylic acid groups (broad SMARTS) is 2. The standard InChI is InChI=1S/C14H27N3O10/c18-3-5(6(20)4-19)17-11-13(26)9(15-1-7(21)22)12(25)10(14(11)27)16-2-8(23)24/h5-6,9-20,25-27H,1-4H2,(H,21,22)(H,23,24)/t5?,6?,9-,10+,11?,12?,13-,14+. The molecule has 0 aromatic carbocycles. The molecule has 0 saturated heterocycles. The molecule has 4 unspecified atom stereocenters. The van der Waals surface area contributed by atoms with E-state index in [-0.39, 0.29) is 0 Å². The van der Waals surface area contributed by atoms with E-state index in [9.17, 15) is 35.1 Å². The van der Waals surface area contributed by atoms with Crippen molar-refractivity contribution >= 4 is 11.9 Å². The second kappa shape index (κ2) is 10.8. The maximum Gasteiger partial charge on any atom is 0.317 e. The molecule has 1 aliphatic carbocycles. The van der Waals surface area contributed by atoms with Gasteiger partial charge in [-0.05, 0) is 0 Å². The van der Waals surface area contributed by atoms with E-state index >= 15 is 0 Å². The molecular formula is C14H27N3O10. The van der Waals surface area contributed by atoms with Crippen molar-refractivity contribution < 1.29 is 50.4 Å². The Bertz CT molecular complexity index is 464. The normalized spacial score (nSPS) is 33.4. The van der Waals surface area contributed by atoms with Crippen LogP contribution in [0, 0.1) is 0 Å². The fourth-order valence-electron chi connectivity index (χ4n) is 3.03. The number of nitrogens with one attached hydrogen (secondary N) is 3. The molecule has 27 heavy (non-hydrogen) atoms. The van der Waals surface area contributed by atoms with Crippen LogP contribution >= 0.6 is 0 Å². The van der Waals surface area contributed by atoms with Crippen LogP contribution in [0.3, 0.4) is 0 Å². The number of aliphatic carboxylic acids is 2. The zero-order chi connectivity index (χ0) is 20.7. The first-order valence-corrected chi connectivity index (χ1v) is 8.24. The Morgan fingerprint density at radius 3 is 1.52 bits per heavy atom. The van der Waals surface area contributed by atoms with Crippen molar-refractivity contribution in [3.8, 4) is 0 Å². The number of aliphatic hydroxyl groups is 6. The summed E-state index contributed by atoms with van der Waals surface area (Å²) in [6, 6.07) is -5.01. The van der Waals surface area contributed by atoms with Crippen LogP contribution in [-0.4, -0.2) is 128 Å². The third-order valence-corrected chi connectivity index (χ3v) is 4.44. The van der Waals surface area contributed by atoms with Crippen LogP contribution in [0.1, 0.15) is 0 Å². The Hall–Kier alpha value is -1.42. The zero-order valence-corrected chi connectivity index (χ0v) is 14.3. The summed E-state index contributed by atoms with van der Waals surface area (Å²) < 4.78 is 0. The maximum absolute atomic E-state index is 10.8. The molecule has 0 heterocycles. The van der Waals surface area contributed by atoms with Crippen molar-refractivity contribution in [2.45, 2.75) is 48.6 Å². The molecule has 1 rings (SSSR count). The summed E-state index contributed by atoms with van der Waals surface area (Å²) in [5.41, 5.74) is 0. The molecule has 0 aromatic heterocycles. The zero-order valence-electron chi connectivity index (χ0n) is 14.3. The molecule has 158 valence electrons. The number of hydrogen-bond acceptors (Lipinski definition) is 11. The van der Waals surface area contributed by atoms with E-state index in [1.807, 2.05) is 0 Å². The lowest BCUT2D eigenvalue weighted by molar-refractivity contribution is -0.138. The minimum absolute atomic E-state index is 0.629. The molecule has 0 spiro atoms. The lowest BCUT2D eigenvalue weighted by atomic mass is 9.79. The summed E-state index contributed by atoms with van der Waals surface area (Å²) in [5.74, 6) is -2.55. The van der Waals surface area contributed by atoms with E-state index in [4.69, 9.17) is 15.3 Å². The second-order valence-electron chi connectivity index (χ2n) is 6.30. The Morgan fingerprint density at radius 2 is 1.19 bits per heavy atom. The first-order chi connectivity index (χ1) is 12.6. The topological polar surface area (TPSA) is 232 Å². The SMILES string of the molecule is O=C(O)CN[C@@H]1C(O)[C@H](NCC(=O)O)[C@H](O)C(NC(CO)C(O)CO)[C@@H]1O. The Kier molecular flexibility index (Phi) is 9.44. The van der Waals surface area contributed by atoms with Gasteiger partial charge in [0, 0.05) is 0 Å². The molecule has 0 aromatic rings. The number of hydrogen-bond donors (Lipinski definition) is 11. The largest absolute Gasteiger partial charge is 0.480 e. The third kappa shape index (κ3) is 6.31. The van der Waals surface area contributed by atoms with Gasteiger partial charge in [-0.25, -0.2) is 0 Å². The lowest BCUT2D eigenvalue weighted by Crippen LogP contribution is -2.75. The highest BCUT2D eigenvalue weighted by atomic mass is 16.4. The van der Waals surface area contributed by atoms with Gasteiger partial charge >= 0.3 is 11.9 Å². The van der Waals surface area contributed by atoms with E-state index in [2.05, 4.69) is 16.0 Å². The number of carboxylic acids is 2. The highest BCUT2D eigenvalue weighted by molar-refractivity contribution is 5.69. The fraction of sp³-hybridized carbons (Fsp3) is 0.857. The van der Waals surface area contributed by atoms with Crippen molar-refractivity contribution in [1.29, 1.82) is 0 Å². The van der Waals surface area contributed by atoms with Gasteiger partial charge in [0.2, 0.25) is 0 Å². The number of carbonyl (C=O) groups is 2. The van der Waals surface area contributed by atoms with Crippen molar-refractivity contribution in [2.24, 2.45) is 0 Å². The summed E-state index contributed by atoms with van der Waals surface area (Å²) in [4.78, 5) is 21.5. The molecular weight excluding hydrogens is 370 g/mol. The number of rotatable bonds is 11. The maximum atomic E-state index is 10.8. The van der Waals surface area contributed by atoms with Crippen molar-refractivity contribution in [2.75, 3.05) is 26.3 Å². The van der Waals surface area contributed by atoms with Crippen LogP contribution in [0.4, 0.5) is 0 Å². The van der Waals surface area contributed by atoms with Gasteiger partial charge in [-0.3, -0.25) is 20.2 Å². The summed E-state index contributed by atoms with van der Waals surface area (Å²) in [5, 5.41) is 84.3. The average Bonchev–Trinajstić information content (AvgIpc) is 2.60. The molecule has 13 nitrogen and oxygen atoms in total. The monoisotopic (exact) mass is 397 g/mol. The smallest absolute Gasteiger partial charge is 0.317 e. The van der Waals surface area contributed by atoms with Gasteiger partial charge in [0.15, 0.2) is 0 Å². The molecule has 0 radical (unpaired) electrons. The minimum atomic E-state index is -1.57. The van der Waals surface area contributed by atoms with Crippen molar-refractivity contribution in [1.82, 2.24) is 16.0 Å². The van der Waals surface area contributed by atoms with Crippen LogP contribution in [0.25, 0.3) is 0 Å². The fourth-order valence-corrected chi connectivity index (χ4v) is 3.03. The minimum Gasteiger partial charge on any atom is -0.480 e. The van der Waals surface area contributed by atoms with E-state index in [0.717, 1.165) is 0 Å². The van der Waals surface area contributed by atoms with Crippen molar-refractivity contribution in [3.05, 3.63) is 0 Å². The average molecular weight is 397 g/mol. The summed E-state index contributed by atoms with van der Waals surface area (Å²) in [7, 11) is 0. The summed E-state index contributed by atoms with van der Waals surface area (Å²) in [6.45, 7) is -2.65. The molecule has 0 bridgehead atoms. The van der Waals surface area contributed by atoms with E-state index < -0.39 is 86.8 Å². The summed E-state index contributed by atoms with van der Waals surface area (Å²) >= 11 is 0. The molecule has 11 N–H and O–H groups in total. The van der Waals surface area contributed by atoms with E-state index in [0.29, 0.717) is 0 Å². The van der Waals surface area contributed by atoms with Crippen LogP contribution in [-0.2, 0) is 9.59 Å². The first-order valence-electron chi connectivity index (χ1n) is 8.24. The molecule has 1 aliphatic rings. The Labute approximate surface area is 154 Å². The Morgan fingerprint density at radius 1 is 0.778 bits per heavy atom. The van der Waals surface area contributed by atoms with Gasteiger partial charge in [0.25, 0.3) is 0 Å². The van der Waals surface area contributed by atoms with Gasteiger partial charge < -0.3 is 46.2 Å². The van der Waals surface area contributed by atoms with Gasteiger partial charge in [-0.15, -0.1) is 0 Å². The molecule has 1 saturated carbocycles. The van der Waals surface area contributed by atoms with Gasteiger partial charge in [-0.1, -0.05) is 0 Å². The predicted molar refractivity (Wildman–Crippen MR) is 87.8 cm³/mol. The molecule has 13 heteroatoms. The van der Waals surface area contributed by atoms with Crippen LogP contribution in [0.5, 0.6) is 0 Å². The van der Waals surface area contributed by atoms with Gasteiger partial charge in [0.1, 0.15) is 0 Å². The summed E-state index contributed by atoms with van der Waals surface area (Å²) in [6.07, 6.45) is -6.13. The quantitative estimate of drug-likeness (QED) is 0.156. The van der Waals surface area contributed by atoms with Crippen molar-refractivity contribution in [3.63, 3.8) is 0 Å². The first kappa shape index (κ1) is 23.6. The van der Waals surface area contributed by atoms with Crippen LogP contribution < -0.4 is 16.0 Å². The van der Waals surface area contributed by atoms with Gasteiger partial charge in [-0.2, -0.15) is 0 Å². The van der Waals surface area contributed by atoms with Gasteiger partial charge in [0.05, 0.1) is 74.9 Å². The Balaban J connectivity index is 3.05. The lowest BCUT2D eigenvalue weighted by Gasteiger charge is -2.47. The van der Waals surface area contributed by atoms with E-state index in [1.54, 1.807) is 0 Å². The highest BCUT2D eigenvalue weighted by Crippen LogP contribution is 2.22. The van der Waals surface area contributed by atoms with E-state index in [1.165, 1.54) is 0 Å². The molecule has 1 fully saturated rings. The highest BCUT2D eigenvalue weighted by Gasteiger charge is 2.50. The predicted octanol–water partition coefficient (Wildman–Crippen LogP) is -6.16. The second-order valence-corrected chi connectivity index (χ2v) is 6.30. The molecule has 8 atom stereocenters. The third-order valence-electron chi connectivity index (χ3n) is 4.44. The number of aliphatic hydroxyl groups excluding tert-OH is 6.